The summed E-state index contributed by atoms with van der Waals surface area (Å²) < 4.78 is 0. The number of carboxylic acids is 2. The molecule has 24 heavy (non-hydrogen) atoms. The van der Waals surface area contributed by atoms with E-state index in [1.54, 1.807) is 0 Å². The van der Waals surface area contributed by atoms with Crippen molar-refractivity contribution in [3.63, 3.8) is 0 Å². The van der Waals surface area contributed by atoms with Gasteiger partial charge in [-0.2, -0.15) is 0 Å². The van der Waals surface area contributed by atoms with Gasteiger partial charge in [0.05, 0.1) is 12.8 Å². The molecule has 0 bridgehead atoms. The van der Waals surface area contributed by atoms with Crippen molar-refractivity contribution >= 4 is 11.9 Å². The highest BCUT2D eigenvalue weighted by Crippen LogP contribution is 2.23. The van der Waals surface area contributed by atoms with Crippen LogP contribution in [0.4, 0.5) is 0 Å². The fourth-order valence-corrected chi connectivity index (χ4v) is 1.75. The Hall–Kier alpha value is -3.42. The maximum absolute atomic E-state index is 10.2. The molecule has 8 heteroatoms. The highest BCUT2D eigenvalue weighted by Gasteiger charge is 2.07. The van der Waals surface area contributed by atoms with Crippen LogP contribution < -0.4 is 0 Å². The van der Waals surface area contributed by atoms with E-state index in [0.717, 1.165) is 0 Å². The Balaban J connectivity index is 0.000000240. The summed E-state index contributed by atoms with van der Waals surface area (Å²) in [6, 6.07) is 7.55. The molecule has 0 aromatic heterocycles. The molecule has 0 atom stereocenters. The van der Waals surface area contributed by atoms with Crippen LogP contribution in [-0.2, 0) is 22.4 Å². The molecular weight excluding hydrogens is 320 g/mol. The molecule has 0 unspecified atom stereocenters. The van der Waals surface area contributed by atoms with E-state index < -0.39 is 11.9 Å². The summed E-state index contributed by atoms with van der Waals surface area (Å²) in [4.78, 5) is 20.5. The molecule has 0 amide bonds. The van der Waals surface area contributed by atoms with Crippen LogP contribution in [0.15, 0.2) is 36.4 Å². The van der Waals surface area contributed by atoms with Gasteiger partial charge in [0.2, 0.25) is 0 Å². The van der Waals surface area contributed by atoms with Crippen LogP contribution in [0.3, 0.4) is 0 Å². The Morgan fingerprint density at radius 2 is 1.00 bits per heavy atom. The largest absolute Gasteiger partial charge is 0.508 e. The fraction of sp³-hybridized carbons (Fsp3) is 0.125. The third-order valence-corrected chi connectivity index (χ3v) is 2.81. The highest BCUT2D eigenvalue weighted by molar-refractivity contribution is 5.72. The predicted octanol–water partition coefficient (Wildman–Crippen LogP) is 1.45. The van der Waals surface area contributed by atoms with Crippen molar-refractivity contribution in [1.82, 2.24) is 0 Å². The van der Waals surface area contributed by atoms with E-state index in [-0.39, 0.29) is 47.0 Å². The molecule has 0 aliphatic rings. The van der Waals surface area contributed by atoms with Crippen LogP contribution in [0.1, 0.15) is 11.1 Å². The molecule has 0 heterocycles. The summed E-state index contributed by atoms with van der Waals surface area (Å²) in [5, 5.41) is 52.9. The van der Waals surface area contributed by atoms with Crippen molar-refractivity contribution in [2.24, 2.45) is 0 Å². The van der Waals surface area contributed by atoms with Gasteiger partial charge in [0.25, 0.3) is 0 Å². The number of aliphatic carboxylic acids is 2. The molecule has 2 aromatic carbocycles. The first kappa shape index (κ1) is 18.6. The lowest BCUT2D eigenvalue weighted by Gasteiger charge is -2.01. The van der Waals surface area contributed by atoms with Gasteiger partial charge in [0, 0.05) is 11.1 Å². The molecule has 0 saturated carbocycles. The standard InChI is InChI=1S/2C8H8O4/c2*9-6-1-2-7(10)5(3-6)4-8(11)12/h2*1-3,9-10H,4H2,(H,11,12). The van der Waals surface area contributed by atoms with Gasteiger partial charge in [0.15, 0.2) is 0 Å². The van der Waals surface area contributed by atoms with Crippen LogP contribution in [-0.4, -0.2) is 42.6 Å². The second-order valence-electron chi connectivity index (χ2n) is 4.77. The summed E-state index contributed by atoms with van der Waals surface area (Å²) in [6.45, 7) is 0. The Morgan fingerprint density at radius 3 is 1.29 bits per heavy atom. The van der Waals surface area contributed by atoms with Crippen LogP contribution in [0.2, 0.25) is 0 Å². The van der Waals surface area contributed by atoms with Crippen molar-refractivity contribution < 1.29 is 40.2 Å². The van der Waals surface area contributed by atoms with Gasteiger partial charge < -0.3 is 30.6 Å². The molecule has 2 rings (SSSR count). The van der Waals surface area contributed by atoms with Crippen molar-refractivity contribution in [2.45, 2.75) is 12.8 Å². The molecule has 128 valence electrons. The molecule has 0 radical (unpaired) electrons. The topological polar surface area (TPSA) is 156 Å². The number of phenolic OH excluding ortho intramolecular Hbond substituents is 4. The summed E-state index contributed by atoms with van der Waals surface area (Å²) in [7, 11) is 0. The molecule has 0 spiro atoms. The van der Waals surface area contributed by atoms with Gasteiger partial charge in [-0.1, -0.05) is 0 Å². The summed E-state index contributed by atoms with van der Waals surface area (Å²) in [5.41, 5.74) is 0.421. The maximum Gasteiger partial charge on any atom is 0.307 e. The minimum Gasteiger partial charge on any atom is -0.508 e. The van der Waals surface area contributed by atoms with Crippen molar-refractivity contribution in [2.75, 3.05) is 0 Å². The van der Waals surface area contributed by atoms with Gasteiger partial charge in [-0.15, -0.1) is 0 Å². The maximum atomic E-state index is 10.2. The molecule has 0 aliphatic heterocycles. The van der Waals surface area contributed by atoms with Gasteiger partial charge in [0.1, 0.15) is 23.0 Å². The lowest BCUT2D eigenvalue weighted by atomic mass is 10.1. The van der Waals surface area contributed by atoms with Gasteiger partial charge in [-0.05, 0) is 36.4 Å². The number of rotatable bonds is 4. The first-order valence-corrected chi connectivity index (χ1v) is 6.64. The third-order valence-electron chi connectivity index (χ3n) is 2.81. The highest BCUT2D eigenvalue weighted by atomic mass is 16.4. The van der Waals surface area contributed by atoms with Gasteiger partial charge >= 0.3 is 11.9 Å². The zero-order chi connectivity index (χ0) is 18.3. The number of carbonyl (C=O) groups is 2. The normalized spacial score (nSPS) is 9.67. The number of hydrogen-bond donors (Lipinski definition) is 6. The van der Waals surface area contributed by atoms with Crippen molar-refractivity contribution in [3.8, 4) is 23.0 Å². The van der Waals surface area contributed by atoms with E-state index in [4.69, 9.17) is 30.6 Å². The first-order valence-electron chi connectivity index (χ1n) is 6.64. The smallest absolute Gasteiger partial charge is 0.307 e. The molecule has 2 aromatic rings. The second kappa shape index (κ2) is 8.28. The minimum absolute atomic E-state index is 0.0518. The van der Waals surface area contributed by atoms with Crippen LogP contribution in [0.5, 0.6) is 23.0 Å². The van der Waals surface area contributed by atoms with Gasteiger partial charge in [-0.3, -0.25) is 9.59 Å². The molecule has 0 fully saturated rings. The second-order valence-corrected chi connectivity index (χ2v) is 4.77. The lowest BCUT2D eigenvalue weighted by Crippen LogP contribution is -1.99. The Kier molecular flexibility index (Phi) is 6.42. The average Bonchev–Trinajstić information content (AvgIpc) is 2.46. The predicted molar refractivity (Wildman–Crippen MR) is 82.2 cm³/mol. The molecule has 8 nitrogen and oxygen atoms in total. The van der Waals surface area contributed by atoms with Crippen LogP contribution in [0.25, 0.3) is 0 Å². The number of carboxylic acid groups (broad SMARTS) is 2. The summed E-state index contributed by atoms with van der Waals surface area (Å²) in [5.74, 6) is -2.43. The summed E-state index contributed by atoms with van der Waals surface area (Å²) >= 11 is 0. The van der Waals surface area contributed by atoms with E-state index in [1.165, 1.54) is 36.4 Å². The monoisotopic (exact) mass is 336 g/mol. The average molecular weight is 336 g/mol. The van der Waals surface area contributed by atoms with E-state index >= 15 is 0 Å². The molecular formula is C16H16O8. The van der Waals surface area contributed by atoms with E-state index in [2.05, 4.69) is 0 Å². The quantitative estimate of drug-likeness (QED) is 0.458. The van der Waals surface area contributed by atoms with Crippen LogP contribution in [0, 0.1) is 0 Å². The molecule has 6 N–H and O–H groups in total. The Bertz CT molecular complexity index is 675. The molecule has 0 saturated heterocycles. The minimum atomic E-state index is -1.05. The summed E-state index contributed by atoms with van der Waals surface area (Å²) in [6.07, 6.45) is -0.583. The van der Waals surface area contributed by atoms with E-state index in [9.17, 15) is 9.59 Å². The Morgan fingerprint density at radius 1 is 0.667 bits per heavy atom. The SMILES string of the molecule is O=C(O)Cc1cc(O)ccc1O.O=C(O)Cc1cc(O)ccc1O. The Labute approximate surface area is 136 Å². The zero-order valence-corrected chi connectivity index (χ0v) is 12.4. The van der Waals surface area contributed by atoms with E-state index in [0.29, 0.717) is 0 Å². The number of phenols is 4. The van der Waals surface area contributed by atoms with Gasteiger partial charge in [-0.25, -0.2) is 0 Å². The fourth-order valence-electron chi connectivity index (χ4n) is 1.75. The third kappa shape index (κ3) is 6.14. The van der Waals surface area contributed by atoms with E-state index in [1.807, 2.05) is 0 Å². The lowest BCUT2D eigenvalue weighted by molar-refractivity contribution is -0.137. The van der Waals surface area contributed by atoms with Crippen molar-refractivity contribution in [3.05, 3.63) is 47.5 Å². The van der Waals surface area contributed by atoms with Crippen molar-refractivity contribution in [1.29, 1.82) is 0 Å². The zero-order valence-electron chi connectivity index (χ0n) is 12.4. The number of benzene rings is 2. The molecule has 0 aliphatic carbocycles. The number of hydrogen-bond acceptors (Lipinski definition) is 6. The first-order chi connectivity index (χ1) is 11.2. The number of aromatic hydroxyl groups is 4. The van der Waals surface area contributed by atoms with Crippen LogP contribution >= 0.6 is 0 Å².